The lowest BCUT2D eigenvalue weighted by molar-refractivity contribution is 0.382. The Morgan fingerprint density at radius 3 is 2.83 bits per heavy atom. The smallest absolute Gasteiger partial charge is 0.267 e. The summed E-state index contributed by atoms with van der Waals surface area (Å²) in [6.45, 7) is 3.84. The van der Waals surface area contributed by atoms with E-state index in [9.17, 15) is 8.42 Å². The lowest BCUT2D eigenvalue weighted by Gasteiger charge is -2.16. The molecule has 0 amide bonds. The number of halogens is 1. The molecule has 0 aliphatic heterocycles. The molecular weight excluding hydrogens is 350 g/mol. The highest BCUT2D eigenvalue weighted by molar-refractivity contribution is 7.93. The second-order valence-corrected chi connectivity index (χ2v) is 7.99. The molecule has 0 radical (unpaired) electrons. The summed E-state index contributed by atoms with van der Waals surface area (Å²) in [6, 6.07) is 5.04. The molecule has 2 aromatic heterocycles. The number of aromatic nitrogens is 2. The van der Waals surface area contributed by atoms with E-state index in [-0.39, 0.29) is 4.90 Å². The van der Waals surface area contributed by atoms with E-state index < -0.39 is 10.0 Å². The predicted octanol–water partition coefficient (Wildman–Crippen LogP) is 3.90. The zero-order valence-corrected chi connectivity index (χ0v) is 15.2. The number of aromatic amines is 1. The summed E-state index contributed by atoms with van der Waals surface area (Å²) in [4.78, 5) is 3.12. The fourth-order valence-electron chi connectivity index (χ4n) is 2.66. The molecule has 0 aliphatic carbocycles. The van der Waals surface area contributed by atoms with Gasteiger partial charge in [0.05, 0.1) is 0 Å². The molecule has 0 aliphatic rings. The average Bonchev–Trinajstić information content (AvgIpc) is 3.11. The highest BCUT2D eigenvalue weighted by atomic mass is 35.5. The van der Waals surface area contributed by atoms with Crippen LogP contribution < -0.4 is 4.31 Å². The Balaban J connectivity index is 2.06. The van der Waals surface area contributed by atoms with Crippen molar-refractivity contribution in [1.82, 2.24) is 10.1 Å². The zero-order valence-electron chi connectivity index (χ0n) is 13.6. The van der Waals surface area contributed by atoms with Crippen molar-refractivity contribution in [3.8, 4) is 0 Å². The minimum Gasteiger partial charge on any atom is -0.360 e. The van der Waals surface area contributed by atoms with E-state index in [1.807, 2.05) is 13.8 Å². The van der Waals surface area contributed by atoms with Crippen molar-refractivity contribution in [2.24, 2.45) is 0 Å². The standard InChI is InChI=1S/C16H18ClN3O3S/c1-4-5-14-10(2)16(19-23-14)20(3)24(21,22)15-9-18-13-8-11(17)6-7-12(13)15/h6-9,18H,4-5H2,1-3H3. The molecule has 1 aromatic carbocycles. The number of rotatable bonds is 5. The van der Waals surface area contributed by atoms with Gasteiger partial charge in [-0.3, -0.25) is 0 Å². The number of anilines is 1. The molecule has 24 heavy (non-hydrogen) atoms. The third kappa shape index (κ3) is 2.67. The van der Waals surface area contributed by atoms with Crippen molar-refractivity contribution < 1.29 is 12.9 Å². The monoisotopic (exact) mass is 367 g/mol. The van der Waals surface area contributed by atoms with Crippen molar-refractivity contribution in [1.29, 1.82) is 0 Å². The van der Waals surface area contributed by atoms with E-state index in [1.165, 1.54) is 13.2 Å². The Bertz CT molecular complexity index is 991. The SMILES string of the molecule is CCCc1onc(N(C)S(=O)(=O)c2c[nH]c3cc(Cl)ccc23)c1C. The first kappa shape index (κ1) is 16.9. The third-order valence-electron chi connectivity index (χ3n) is 4.02. The van der Waals surface area contributed by atoms with Crippen molar-refractivity contribution >= 4 is 38.3 Å². The lowest BCUT2D eigenvalue weighted by atomic mass is 10.2. The third-order valence-corrected chi connectivity index (χ3v) is 6.04. The fraction of sp³-hybridized carbons (Fsp3) is 0.312. The summed E-state index contributed by atoms with van der Waals surface area (Å²) < 4.78 is 32.5. The topological polar surface area (TPSA) is 79.2 Å². The maximum absolute atomic E-state index is 13.0. The molecule has 0 saturated carbocycles. The Labute approximate surface area is 145 Å². The number of hydrogen-bond donors (Lipinski definition) is 1. The van der Waals surface area contributed by atoms with E-state index in [2.05, 4.69) is 10.1 Å². The normalized spacial score (nSPS) is 12.0. The van der Waals surface area contributed by atoms with Crippen LogP contribution in [0.2, 0.25) is 5.02 Å². The van der Waals surface area contributed by atoms with Crippen LogP contribution >= 0.6 is 11.6 Å². The average molecular weight is 368 g/mol. The lowest BCUT2D eigenvalue weighted by Crippen LogP contribution is -2.27. The minimum absolute atomic E-state index is 0.177. The van der Waals surface area contributed by atoms with Gasteiger partial charge in [-0.05, 0) is 31.5 Å². The van der Waals surface area contributed by atoms with Gasteiger partial charge in [-0.15, -0.1) is 0 Å². The Hall–Kier alpha value is -1.99. The maximum atomic E-state index is 13.0. The largest absolute Gasteiger partial charge is 0.360 e. The van der Waals surface area contributed by atoms with Gasteiger partial charge in [0.15, 0.2) is 5.82 Å². The van der Waals surface area contributed by atoms with E-state index in [1.54, 1.807) is 18.2 Å². The van der Waals surface area contributed by atoms with Crippen LogP contribution in [0.4, 0.5) is 5.82 Å². The summed E-state index contributed by atoms with van der Waals surface area (Å²) in [7, 11) is -2.30. The molecule has 3 aromatic rings. The molecule has 128 valence electrons. The van der Waals surface area contributed by atoms with E-state index in [4.69, 9.17) is 16.1 Å². The molecule has 0 bridgehead atoms. The second kappa shape index (κ2) is 6.14. The first-order valence-corrected chi connectivity index (χ1v) is 9.38. The van der Waals surface area contributed by atoms with Gasteiger partial charge in [-0.1, -0.05) is 23.7 Å². The number of hydrogen-bond acceptors (Lipinski definition) is 4. The number of aryl methyl sites for hydroxylation is 1. The van der Waals surface area contributed by atoms with Crippen LogP contribution in [-0.2, 0) is 16.4 Å². The number of fused-ring (bicyclic) bond motifs is 1. The van der Waals surface area contributed by atoms with Crippen molar-refractivity contribution in [3.63, 3.8) is 0 Å². The van der Waals surface area contributed by atoms with E-state index in [0.717, 1.165) is 22.7 Å². The molecule has 1 N–H and O–H groups in total. The quantitative estimate of drug-likeness (QED) is 0.741. The van der Waals surface area contributed by atoms with Crippen molar-refractivity contribution in [2.45, 2.75) is 31.6 Å². The number of sulfonamides is 1. The van der Waals surface area contributed by atoms with E-state index >= 15 is 0 Å². The summed E-state index contributed by atoms with van der Waals surface area (Å²) >= 11 is 5.95. The summed E-state index contributed by atoms with van der Waals surface area (Å²) in [5, 5.41) is 5.07. The van der Waals surface area contributed by atoms with Gasteiger partial charge in [-0.25, -0.2) is 12.7 Å². The van der Waals surface area contributed by atoms with Gasteiger partial charge in [-0.2, -0.15) is 0 Å². The zero-order chi connectivity index (χ0) is 17.5. The van der Waals surface area contributed by atoms with Crippen molar-refractivity contribution in [2.75, 3.05) is 11.4 Å². The molecule has 0 fully saturated rings. The predicted molar refractivity (Wildman–Crippen MR) is 94.1 cm³/mol. The number of H-pyrrole nitrogens is 1. The van der Waals surface area contributed by atoms with Gasteiger partial charge < -0.3 is 9.51 Å². The number of nitrogens with zero attached hydrogens (tertiary/aromatic N) is 2. The number of nitrogens with one attached hydrogen (secondary N) is 1. The van der Waals surface area contributed by atoms with Crippen LogP contribution in [0, 0.1) is 6.92 Å². The maximum Gasteiger partial charge on any atom is 0.267 e. The highest BCUT2D eigenvalue weighted by Crippen LogP contribution is 2.31. The molecule has 8 heteroatoms. The van der Waals surface area contributed by atoms with Gasteiger partial charge in [0.25, 0.3) is 10.0 Å². The molecule has 2 heterocycles. The van der Waals surface area contributed by atoms with E-state index in [0.29, 0.717) is 27.5 Å². The Morgan fingerprint density at radius 2 is 2.12 bits per heavy atom. The first-order valence-electron chi connectivity index (χ1n) is 7.57. The number of benzene rings is 1. The van der Waals surface area contributed by atoms with Crippen LogP contribution in [0.3, 0.4) is 0 Å². The molecule has 0 atom stereocenters. The molecular formula is C16H18ClN3O3S. The summed E-state index contributed by atoms with van der Waals surface area (Å²) in [5.74, 6) is 1.02. The van der Waals surface area contributed by atoms with Gasteiger partial charge >= 0.3 is 0 Å². The van der Waals surface area contributed by atoms with Crippen LogP contribution in [0.5, 0.6) is 0 Å². The minimum atomic E-state index is -3.78. The molecule has 0 unspecified atom stereocenters. The highest BCUT2D eigenvalue weighted by Gasteiger charge is 2.28. The first-order chi connectivity index (χ1) is 11.4. The van der Waals surface area contributed by atoms with Crippen LogP contribution in [0.15, 0.2) is 33.8 Å². The van der Waals surface area contributed by atoms with Gasteiger partial charge in [0.2, 0.25) is 0 Å². The van der Waals surface area contributed by atoms with Crippen LogP contribution in [-0.4, -0.2) is 25.6 Å². The molecule has 6 nitrogen and oxygen atoms in total. The molecule has 0 saturated heterocycles. The molecule has 0 spiro atoms. The Kier molecular flexibility index (Phi) is 4.31. The van der Waals surface area contributed by atoms with Crippen molar-refractivity contribution in [3.05, 3.63) is 40.7 Å². The Morgan fingerprint density at radius 1 is 1.38 bits per heavy atom. The summed E-state index contributed by atoms with van der Waals surface area (Å²) in [5.41, 5.74) is 1.41. The fourth-order valence-corrected chi connectivity index (χ4v) is 4.19. The van der Waals surface area contributed by atoms with Crippen LogP contribution in [0.25, 0.3) is 10.9 Å². The van der Waals surface area contributed by atoms with Crippen LogP contribution in [0.1, 0.15) is 24.7 Å². The summed E-state index contributed by atoms with van der Waals surface area (Å²) in [6.07, 6.45) is 3.09. The van der Waals surface area contributed by atoms with Gasteiger partial charge in [0.1, 0.15) is 10.7 Å². The molecule has 3 rings (SSSR count). The van der Waals surface area contributed by atoms with Gasteiger partial charge in [0, 0.05) is 41.2 Å². The second-order valence-electron chi connectivity index (χ2n) is 5.62.